The van der Waals surface area contributed by atoms with Gasteiger partial charge in [-0.3, -0.25) is 0 Å². The lowest BCUT2D eigenvalue weighted by Gasteiger charge is -2.15. The SMILES string of the molecule is CNC(c1nc(C(C)C)cs1)c1ccccc1Br. The molecule has 0 fully saturated rings. The number of benzene rings is 1. The van der Waals surface area contributed by atoms with E-state index in [1.54, 1.807) is 11.3 Å². The number of rotatable bonds is 4. The molecular weight excluding hydrogens is 308 g/mol. The highest BCUT2D eigenvalue weighted by Crippen LogP contribution is 2.31. The van der Waals surface area contributed by atoms with Crippen molar-refractivity contribution in [2.45, 2.75) is 25.8 Å². The number of hydrogen-bond acceptors (Lipinski definition) is 3. The lowest BCUT2D eigenvalue weighted by molar-refractivity contribution is 0.676. The number of nitrogens with zero attached hydrogens (tertiary/aromatic N) is 1. The van der Waals surface area contributed by atoms with Crippen LogP contribution in [0.15, 0.2) is 34.1 Å². The molecule has 1 aromatic heterocycles. The van der Waals surface area contributed by atoms with Crippen LogP contribution in [0.1, 0.15) is 42.1 Å². The van der Waals surface area contributed by atoms with Crippen LogP contribution in [0.25, 0.3) is 0 Å². The molecule has 1 unspecified atom stereocenters. The molecule has 2 rings (SSSR count). The first kappa shape index (κ1) is 13.7. The molecule has 0 saturated carbocycles. The Balaban J connectivity index is 2.36. The Morgan fingerprint density at radius 2 is 2.00 bits per heavy atom. The van der Waals surface area contributed by atoms with E-state index >= 15 is 0 Å². The van der Waals surface area contributed by atoms with Gasteiger partial charge in [-0.25, -0.2) is 4.98 Å². The number of nitrogens with one attached hydrogen (secondary N) is 1. The highest BCUT2D eigenvalue weighted by atomic mass is 79.9. The highest BCUT2D eigenvalue weighted by molar-refractivity contribution is 9.10. The van der Waals surface area contributed by atoms with Crippen LogP contribution in [0.5, 0.6) is 0 Å². The fourth-order valence-electron chi connectivity index (χ4n) is 1.82. The number of halogens is 1. The Morgan fingerprint density at radius 3 is 2.56 bits per heavy atom. The lowest BCUT2D eigenvalue weighted by atomic mass is 10.1. The molecule has 0 aliphatic heterocycles. The van der Waals surface area contributed by atoms with Crippen LogP contribution >= 0.6 is 27.3 Å². The van der Waals surface area contributed by atoms with Crippen molar-refractivity contribution in [3.8, 4) is 0 Å². The lowest BCUT2D eigenvalue weighted by Crippen LogP contribution is -2.18. The summed E-state index contributed by atoms with van der Waals surface area (Å²) >= 11 is 5.33. The van der Waals surface area contributed by atoms with E-state index in [1.807, 2.05) is 13.1 Å². The molecule has 1 atom stereocenters. The topological polar surface area (TPSA) is 24.9 Å². The summed E-state index contributed by atoms with van der Waals surface area (Å²) in [6, 6.07) is 8.43. The number of thiazole rings is 1. The van der Waals surface area contributed by atoms with Gasteiger partial charge in [0.25, 0.3) is 0 Å². The summed E-state index contributed by atoms with van der Waals surface area (Å²) in [5, 5.41) is 6.62. The molecule has 96 valence electrons. The van der Waals surface area contributed by atoms with E-state index in [0.29, 0.717) is 5.92 Å². The Bertz CT molecular complexity index is 522. The summed E-state index contributed by atoms with van der Waals surface area (Å²) < 4.78 is 1.12. The molecule has 2 nitrogen and oxygen atoms in total. The van der Waals surface area contributed by atoms with Crippen molar-refractivity contribution >= 4 is 27.3 Å². The van der Waals surface area contributed by atoms with Gasteiger partial charge in [0, 0.05) is 9.85 Å². The minimum absolute atomic E-state index is 0.151. The summed E-state index contributed by atoms with van der Waals surface area (Å²) in [6.07, 6.45) is 0. The quantitative estimate of drug-likeness (QED) is 0.905. The third kappa shape index (κ3) is 2.82. The molecule has 0 saturated heterocycles. The molecular formula is C14H17BrN2S. The summed E-state index contributed by atoms with van der Waals surface area (Å²) in [5.41, 5.74) is 2.40. The molecule has 1 heterocycles. The van der Waals surface area contributed by atoms with E-state index in [2.05, 4.69) is 58.7 Å². The maximum atomic E-state index is 4.73. The molecule has 0 spiro atoms. The van der Waals surface area contributed by atoms with Gasteiger partial charge in [-0.1, -0.05) is 48.0 Å². The van der Waals surface area contributed by atoms with Crippen LogP contribution in [0, 0.1) is 0 Å². The molecule has 2 aromatic rings. The Morgan fingerprint density at radius 1 is 1.28 bits per heavy atom. The van der Waals surface area contributed by atoms with Gasteiger partial charge >= 0.3 is 0 Å². The molecule has 0 amide bonds. The monoisotopic (exact) mass is 324 g/mol. The first-order valence-electron chi connectivity index (χ1n) is 6.00. The minimum Gasteiger partial charge on any atom is -0.307 e. The van der Waals surface area contributed by atoms with E-state index in [0.717, 1.165) is 9.48 Å². The van der Waals surface area contributed by atoms with E-state index in [-0.39, 0.29) is 6.04 Å². The summed E-state index contributed by atoms with van der Waals surface area (Å²) in [5.74, 6) is 0.478. The molecule has 18 heavy (non-hydrogen) atoms. The van der Waals surface area contributed by atoms with Gasteiger partial charge in [0.15, 0.2) is 0 Å². The van der Waals surface area contributed by atoms with Gasteiger partial charge in [-0.2, -0.15) is 0 Å². The maximum Gasteiger partial charge on any atom is 0.114 e. The van der Waals surface area contributed by atoms with Crippen molar-refractivity contribution in [3.05, 3.63) is 50.4 Å². The normalized spacial score (nSPS) is 12.9. The van der Waals surface area contributed by atoms with Crippen LogP contribution in [-0.4, -0.2) is 12.0 Å². The standard InChI is InChI=1S/C14H17BrN2S/c1-9(2)12-8-18-14(17-12)13(16-3)10-6-4-5-7-11(10)15/h4-9,13,16H,1-3H3. The molecule has 0 bridgehead atoms. The average Bonchev–Trinajstić information content (AvgIpc) is 2.82. The fourth-order valence-corrected chi connectivity index (χ4v) is 3.44. The second-order valence-corrected chi connectivity index (χ2v) is 6.25. The Kier molecular flexibility index (Phi) is 4.54. The second kappa shape index (κ2) is 5.95. The summed E-state index contributed by atoms with van der Waals surface area (Å²) in [7, 11) is 1.97. The molecule has 0 aliphatic carbocycles. The Hall–Kier alpha value is -0.710. The zero-order valence-corrected chi connectivity index (χ0v) is 13.2. The van der Waals surface area contributed by atoms with E-state index in [4.69, 9.17) is 4.98 Å². The van der Waals surface area contributed by atoms with E-state index in [9.17, 15) is 0 Å². The van der Waals surface area contributed by atoms with Crippen LogP contribution in [0.4, 0.5) is 0 Å². The first-order chi connectivity index (χ1) is 8.63. The van der Waals surface area contributed by atoms with Crippen molar-refractivity contribution < 1.29 is 0 Å². The van der Waals surface area contributed by atoms with Gasteiger partial charge in [0.2, 0.25) is 0 Å². The van der Waals surface area contributed by atoms with Crippen molar-refractivity contribution in [1.29, 1.82) is 0 Å². The van der Waals surface area contributed by atoms with Gasteiger partial charge in [0.05, 0.1) is 11.7 Å². The third-order valence-corrected chi connectivity index (χ3v) is 4.53. The predicted molar refractivity (Wildman–Crippen MR) is 81.2 cm³/mol. The van der Waals surface area contributed by atoms with Gasteiger partial charge in [-0.05, 0) is 24.6 Å². The zero-order chi connectivity index (χ0) is 13.1. The molecule has 4 heteroatoms. The summed E-state index contributed by atoms with van der Waals surface area (Å²) in [6.45, 7) is 4.34. The van der Waals surface area contributed by atoms with Gasteiger partial charge in [0.1, 0.15) is 5.01 Å². The summed E-state index contributed by atoms with van der Waals surface area (Å²) in [4.78, 5) is 4.73. The van der Waals surface area contributed by atoms with Crippen molar-refractivity contribution in [2.75, 3.05) is 7.05 Å². The van der Waals surface area contributed by atoms with Gasteiger partial charge < -0.3 is 5.32 Å². The molecule has 1 aromatic carbocycles. The van der Waals surface area contributed by atoms with Gasteiger partial charge in [-0.15, -0.1) is 11.3 Å². The fraction of sp³-hybridized carbons (Fsp3) is 0.357. The van der Waals surface area contributed by atoms with Crippen LogP contribution in [-0.2, 0) is 0 Å². The molecule has 0 radical (unpaired) electrons. The highest BCUT2D eigenvalue weighted by Gasteiger charge is 2.18. The Labute approximate surface area is 121 Å². The van der Waals surface area contributed by atoms with E-state index < -0.39 is 0 Å². The minimum atomic E-state index is 0.151. The largest absolute Gasteiger partial charge is 0.307 e. The second-order valence-electron chi connectivity index (χ2n) is 4.51. The molecule has 1 N–H and O–H groups in total. The molecule has 0 aliphatic rings. The van der Waals surface area contributed by atoms with Crippen molar-refractivity contribution in [3.63, 3.8) is 0 Å². The average molecular weight is 325 g/mol. The van der Waals surface area contributed by atoms with Crippen molar-refractivity contribution in [2.24, 2.45) is 0 Å². The first-order valence-corrected chi connectivity index (χ1v) is 7.67. The van der Waals surface area contributed by atoms with Crippen LogP contribution in [0.2, 0.25) is 0 Å². The van der Waals surface area contributed by atoms with Crippen LogP contribution in [0.3, 0.4) is 0 Å². The number of aromatic nitrogens is 1. The van der Waals surface area contributed by atoms with E-state index in [1.165, 1.54) is 11.3 Å². The predicted octanol–water partition coefficient (Wildman–Crippen LogP) is 4.34. The maximum absolute atomic E-state index is 4.73. The number of hydrogen-bond donors (Lipinski definition) is 1. The smallest absolute Gasteiger partial charge is 0.114 e. The zero-order valence-electron chi connectivity index (χ0n) is 10.8. The van der Waals surface area contributed by atoms with Crippen LogP contribution < -0.4 is 5.32 Å². The van der Waals surface area contributed by atoms with Crippen molar-refractivity contribution in [1.82, 2.24) is 10.3 Å². The third-order valence-electron chi connectivity index (χ3n) is 2.88.